The van der Waals surface area contributed by atoms with Crippen LogP contribution in [-0.4, -0.2) is 73.1 Å². The molecule has 2 saturated heterocycles. The van der Waals surface area contributed by atoms with E-state index in [2.05, 4.69) is 22.3 Å². The van der Waals surface area contributed by atoms with E-state index < -0.39 is 17.4 Å². The number of hydrogen-bond acceptors (Lipinski definition) is 8. The van der Waals surface area contributed by atoms with Gasteiger partial charge in [0.1, 0.15) is 11.6 Å². The minimum absolute atomic E-state index is 0.0339. The van der Waals surface area contributed by atoms with Crippen LogP contribution in [0.1, 0.15) is 34.5 Å². The molecule has 3 aliphatic rings. The van der Waals surface area contributed by atoms with Crippen LogP contribution in [0.3, 0.4) is 0 Å². The van der Waals surface area contributed by atoms with Crippen molar-refractivity contribution in [3.05, 3.63) is 112 Å². The molecule has 3 amide bonds. The number of nitrogens with zero attached hydrogens (tertiary/aromatic N) is 3. The normalized spacial score (nSPS) is 16.3. The molecule has 0 spiro atoms. The number of carbonyl (C=O) groups excluding carboxylic acids is 3. The van der Waals surface area contributed by atoms with Crippen molar-refractivity contribution in [2.45, 2.75) is 31.8 Å². The predicted octanol–water partition coefficient (Wildman–Crippen LogP) is 4.49. The second-order valence-corrected chi connectivity index (χ2v) is 12.9. The van der Waals surface area contributed by atoms with Gasteiger partial charge in [0.05, 0.1) is 5.39 Å². The molecule has 50 heavy (non-hydrogen) atoms. The summed E-state index contributed by atoms with van der Waals surface area (Å²) in [5.74, 6) is -0.0268. The maximum absolute atomic E-state index is 14.2. The Hall–Kier alpha value is -5.84. The van der Waals surface area contributed by atoms with Crippen LogP contribution in [0.15, 0.2) is 94.1 Å². The maximum atomic E-state index is 14.2. The van der Waals surface area contributed by atoms with Crippen LogP contribution in [0, 0.1) is 0 Å². The maximum Gasteiger partial charge on any atom is 0.287 e. The second-order valence-electron chi connectivity index (χ2n) is 12.9. The first kappa shape index (κ1) is 31.4. The van der Waals surface area contributed by atoms with Gasteiger partial charge in [0, 0.05) is 69.9 Å². The number of amides is 3. The molecule has 0 saturated carbocycles. The number of fused-ring (bicyclic) bond motifs is 3. The van der Waals surface area contributed by atoms with E-state index >= 15 is 0 Å². The lowest BCUT2D eigenvalue weighted by Gasteiger charge is -2.38. The van der Waals surface area contributed by atoms with Gasteiger partial charge in [-0.05, 0) is 40.5 Å². The van der Waals surface area contributed by atoms with E-state index in [9.17, 15) is 19.2 Å². The fourth-order valence-electron chi connectivity index (χ4n) is 7.11. The van der Waals surface area contributed by atoms with E-state index in [1.165, 1.54) is 6.07 Å². The summed E-state index contributed by atoms with van der Waals surface area (Å²) < 4.78 is 16.7. The lowest BCUT2D eigenvalue weighted by atomic mass is 10.0. The highest BCUT2D eigenvalue weighted by Gasteiger charge is 2.31. The molecule has 0 aliphatic carbocycles. The monoisotopic (exact) mass is 672 g/mol. The lowest BCUT2D eigenvalue weighted by Crippen LogP contribution is -2.55. The molecule has 1 atom stereocenters. The van der Waals surface area contributed by atoms with Crippen molar-refractivity contribution in [1.29, 1.82) is 0 Å². The van der Waals surface area contributed by atoms with Crippen LogP contribution < -0.4 is 25.1 Å². The van der Waals surface area contributed by atoms with Crippen LogP contribution in [0.25, 0.3) is 21.7 Å². The first-order valence-corrected chi connectivity index (χ1v) is 16.9. The molecule has 0 bridgehead atoms. The molecular weight excluding hydrogens is 636 g/mol. The topological polar surface area (TPSA) is 122 Å². The Morgan fingerprint density at radius 3 is 2.36 bits per heavy atom. The highest BCUT2D eigenvalue weighted by Crippen LogP contribution is 2.35. The zero-order valence-electron chi connectivity index (χ0n) is 27.4. The van der Waals surface area contributed by atoms with Crippen molar-refractivity contribution in [2.24, 2.45) is 0 Å². The second kappa shape index (κ2) is 13.2. The summed E-state index contributed by atoms with van der Waals surface area (Å²) in [7, 11) is 0. The molecule has 0 unspecified atom stereocenters. The summed E-state index contributed by atoms with van der Waals surface area (Å²) in [6.45, 7) is 3.49. The standard InChI is InChI=1S/C39H36N4O7/c44-32-21-36(50-33-22-35-34(20-29(32)33)48-24-49-35)38(46)40-30(19-25-11-12-26-6-1-2-7-27(26)18-25)39(47)42-16-14-41(15-17-42)31-9-4-3-8-28(31)23-43-13-5-10-37(43)45/h1-4,6-9,11-12,18,20-22,30H,5,10,13-17,19,23-24H2,(H,40,46)/t30-/m1/s1. The van der Waals surface area contributed by atoms with E-state index in [1.54, 1.807) is 11.0 Å². The molecule has 3 aliphatic heterocycles. The summed E-state index contributed by atoms with van der Waals surface area (Å²) in [6, 6.07) is 25.4. The number of benzene rings is 4. The minimum atomic E-state index is -0.915. The number of rotatable bonds is 8. The number of hydrogen-bond donors (Lipinski definition) is 1. The predicted molar refractivity (Wildman–Crippen MR) is 187 cm³/mol. The van der Waals surface area contributed by atoms with Crippen LogP contribution in [0.2, 0.25) is 0 Å². The molecule has 4 heterocycles. The molecule has 4 aromatic carbocycles. The van der Waals surface area contributed by atoms with Gasteiger partial charge in [-0.1, -0.05) is 60.7 Å². The fourth-order valence-corrected chi connectivity index (χ4v) is 7.11. The van der Waals surface area contributed by atoms with Gasteiger partial charge >= 0.3 is 0 Å². The molecule has 11 heteroatoms. The van der Waals surface area contributed by atoms with Gasteiger partial charge in [-0.2, -0.15) is 0 Å². The van der Waals surface area contributed by atoms with Crippen LogP contribution in [0.5, 0.6) is 11.5 Å². The van der Waals surface area contributed by atoms with Crippen molar-refractivity contribution in [3.63, 3.8) is 0 Å². The van der Waals surface area contributed by atoms with E-state index in [-0.39, 0.29) is 41.8 Å². The molecule has 254 valence electrons. The summed E-state index contributed by atoms with van der Waals surface area (Å²) in [6.07, 6.45) is 1.73. The SMILES string of the molecule is O=C(N[C@H](Cc1ccc2ccccc2c1)C(=O)N1CCN(c2ccccc2CN2CCCC2=O)CC1)c1cc(=O)c2cc3c(cc2o1)OCO3. The first-order chi connectivity index (χ1) is 24.4. The minimum Gasteiger partial charge on any atom is -0.454 e. The van der Waals surface area contributed by atoms with E-state index in [0.29, 0.717) is 50.6 Å². The molecular formula is C39H36N4O7. The summed E-state index contributed by atoms with van der Waals surface area (Å²) in [4.78, 5) is 59.3. The molecule has 0 radical (unpaired) electrons. The summed E-state index contributed by atoms with van der Waals surface area (Å²) in [5.41, 5.74) is 2.82. The van der Waals surface area contributed by atoms with Crippen LogP contribution >= 0.6 is 0 Å². The third-order valence-electron chi connectivity index (χ3n) is 9.76. The van der Waals surface area contributed by atoms with E-state index in [1.807, 2.05) is 59.5 Å². The molecule has 11 nitrogen and oxygen atoms in total. The Kier molecular flexibility index (Phi) is 8.31. The van der Waals surface area contributed by atoms with Crippen molar-refractivity contribution in [3.8, 4) is 11.5 Å². The zero-order valence-corrected chi connectivity index (χ0v) is 27.4. The highest BCUT2D eigenvalue weighted by molar-refractivity contribution is 5.97. The third-order valence-corrected chi connectivity index (χ3v) is 9.76. The van der Waals surface area contributed by atoms with Gasteiger partial charge < -0.3 is 33.9 Å². The first-order valence-electron chi connectivity index (χ1n) is 16.9. The number of carbonyl (C=O) groups is 3. The van der Waals surface area contributed by atoms with Gasteiger partial charge in [0.2, 0.25) is 18.6 Å². The quantitative estimate of drug-likeness (QED) is 0.256. The fraction of sp³-hybridized carbons (Fsp3) is 0.282. The number of piperazine rings is 1. The van der Waals surface area contributed by atoms with Crippen molar-refractivity contribution >= 4 is 45.2 Å². The van der Waals surface area contributed by atoms with Gasteiger partial charge in [-0.25, -0.2) is 0 Å². The molecule has 1 N–H and O–H groups in total. The number of nitrogens with one attached hydrogen (secondary N) is 1. The van der Waals surface area contributed by atoms with Gasteiger partial charge in [0.25, 0.3) is 5.91 Å². The highest BCUT2D eigenvalue weighted by atomic mass is 16.7. The largest absolute Gasteiger partial charge is 0.454 e. The number of anilines is 1. The number of ether oxygens (including phenoxy) is 2. The molecule has 5 aromatic rings. The van der Waals surface area contributed by atoms with Gasteiger partial charge in [0.15, 0.2) is 22.7 Å². The summed E-state index contributed by atoms with van der Waals surface area (Å²) >= 11 is 0. The number of para-hydroxylation sites is 1. The van der Waals surface area contributed by atoms with Crippen LogP contribution in [0.4, 0.5) is 5.69 Å². The third kappa shape index (κ3) is 6.22. The Balaban J connectivity index is 1.02. The van der Waals surface area contributed by atoms with Gasteiger partial charge in [-0.3, -0.25) is 19.2 Å². The van der Waals surface area contributed by atoms with Crippen molar-refractivity contribution in [2.75, 3.05) is 44.4 Å². The van der Waals surface area contributed by atoms with Crippen LogP contribution in [-0.2, 0) is 22.6 Å². The van der Waals surface area contributed by atoms with Crippen molar-refractivity contribution < 1.29 is 28.3 Å². The Morgan fingerprint density at radius 1 is 0.800 bits per heavy atom. The molecule has 8 rings (SSSR count). The lowest BCUT2D eigenvalue weighted by molar-refractivity contribution is -0.133. The Labute approximate surface area is 288 Å². The number of likely N-dealkylation sites (tertiary alicyclic amines) is 1. The summed E-state index contributed by atoms with van der Waals surface area (Å²) in [5, 5.41) is 5.27. The average molecular weight is 673 g/mol. The molecule has 2 fully saturated rings. The van der Waals surface area contributed by atoms with E-state index in [0.717, 1.165) is 46.6 Å². The van der Waals surface area contributed by atoms with Crippen molar-refractivity contribution in [1.82, 2.24) is 15.1 Å². The van der Waals surface area contributed by atoms with Gasteiger partial charge in [-0.15, -0.1) is 0 Å². The zero-order chi connectivity index (χ0) is 34.2. The Bertz CT molecular complexity index is 2190. The average Bonchev–Trinajstić information content (AvgIpc) is 3.78. The molecule has 1 aromatic heterocycles. The smallest absolute Gasteiger partial charge is 0.287 e. The Morgan fingerprint density at radius 2 is 1.56 bits per heavy atom. The van der Waals surface area contributed by atoms with E-state index in [4.69, 9.17) is 13.9 Å².